The van der Waals surface area contributed by atoms with E-state index >= 15 is 0 Å². The molecule has 0 bridgehead atoms. The summed E-state index contributed by atoms with van der Waals surface area (Å²) in [7, 11) is 0. The van der Waals surface area contributed by atoms with Gasteiger partial charge in [0.15, 0.2) is 0 Å². The molecule has 0 saturated carbocycles. The average Bonchev–Trinajstić information content (AvgIpc) is 1.90. The second-order valence-electron chi connectivity index (χ2n) is 2.63. The first-order valence-corrected chi connectivity index (χ1v) is 4.75. The van der Waals surface area contributed by atoms with E-state index in [2.05, 4.69) is 11.1 Å². The van der Waals surface area contributed by atoms with Crippen molar-refractivity contribution in [2.75, 3.05) is 11.5 Å². The lowest BCUT2D eigenvalue weighted by Gasteiger charge is -2.25. The molecule has 2 rings (SSSR count). The van der Waals surface area contributed by atoms with Crippen LogP contribution in [0.15, 0.2) is 18.3 Å². The number of hydrogen-bond acceptors (Lipinski definition) is 3. The Balaban J connectivity index is 2.28. The minimum absolute atomic E-state index is 0.615. The number of rotatable bonds is 1. The summed E-state index contributed by atoms with van der Waals surface area (Å²) in [5, 5.41) is 0.615. The van der Waals surface area contributed by atoms with Crippen LogP contribution in [0.5, 0.6) is 0 Å². The fourth-order valence-electron chi connectivity index (χ4n) is 1.18. The molecule has 1 saturated heterocycles. The molecule has 0 aliphatic carbocycles. The van der Waals surface area contributed by atoms with Gasteiger partial charge in [0.05, 0.1) is 0 Å². The molecule has 0 amide bonds. The van der Waals surface area contributed by atoms with Gasteiger partial charge in [0.2, 0.25) is 0 Å². The molecule has 1 atom stereocenters. The molecule has 1 aromatic heterocycles. The number of hydrogen-bond donors (Lipinski definition) is 1. The summed E-state index contributed by atoms with van der Waals surface area (Å²) in [6.45, 7) is 0. The summed E-state index contributed by atoms with van der Waals surface area (Å²) >= 11 is 1.95. The molecule has 1 aliphatic rings. The van der Waals surface area contributed by atoms with Gasteiger partial charge >= 0.3 is 0 Å². The third kappa shape index (κ3) is 1.20. The highest BCUT2D eigenvalue weighted by molar-refractivity contribution is 8.00. The largest absolute Gasteiger partial charge is 0.383 e. The van der Waals surface area contributed by atoms with Crippen LogP contribution in [-0.2, 0) is 0 Å². The van der Waals surface area contributed by atoms with Gasteiger partial charge in [-0.25, -0.2) is 4.98 Å². The first kappa shape index (κ1) is 6.98. The van der Waals surface area contributed by atoms with E-state index in [-0.39, 0.29) is 0 Å². The second kappa shape index (κ2) is 2.74. The molecule has 11 heavy (non-hydrogen) atoms. The van der Waals surface area contributed by atoms with E-state index < -0.39 is 0 Å². The van der Waals surface area contributed by atoms with Crippen LogP contribution in [0.25, 0.3) is 0 Å². The van der Waals surface area contributed by atoms with Crippen LogP contribution in [0.3, 0.4) is 0 Å². The van der Waals surface area contributed by atoms with E-state index in [1.165, 1.54) is 17.7 Å². The van der Waals surface area contributed by atoms with Crippen LogP contribution in [-0.4, -0.2) is 10.7 Å². The van der Waals surface area contributed by atoms with Crippen molar-refractivity contribution in [3.63, 3.8) is 0 Å². The predicted octanol–water partition coefficient (Wildman–Crippen LogP) is 1.84. The van der Waals surface area contributed by atoms with Gasteiger partial charge in [-0.2, -0.15) is 11.8 Å². The molecule has 2 heterocycles. The van der Waals surface area contributed by atoms with Crippen LogP contribution in [0.1, 0.15) is 17.2 Å². The summed E-state index contributed by atoms with van der Waals surface area (Å²) in [5.41, 5.74) is 6.92. The molecule has 3 heteroatoms. The number of thioether (sulfide) groups is 1. The number of nitrogen functional groups attached to an aromatic ring is 1. The molecule has 58 valence electrons. The maximum Gasteiger partial charge on any atom is 0.127 e. The molecule has 2 nitrogen and oxygen atoms in total. The smallest absolute Gasteiger partial charge is 0.127 e. The van der Waals surface area contributed by atoms with Crippen LogP contribution in [0, 0.1) is 0 Å². The molecular weight excluding hydrogens is 156 g/mol. The van der Waals surface area contributed by atoms with Crippen molar-refractivity contribution in [3.05, 3.63) is 23.9 Å². The molecule has 0 spiro atoms. The van der Waals surface area contributed by atoms with Gasteiger partial charge in [0.1, 0.15) is 5.82 Å². The number of nitrogens with two attached hydrogens (primary N) is 1. The summed E-state index contributed by atoms with van der Waals surface area (Å²) < 4.78 is 0. The van der Waals surface area contributed by atoms with Crippen LogP contribution >= 0.6 is 11.8 Å². The lowest BCUT2D eigenvalue weighted by Crippen LogP contribution is -2.09. The third-order valence-electron chi connectivity index (χ3n) is 1.92. The van der Waals surface area contributed by atoms with Crippen LogP contribution in [0.4, 0.5) is 5.82 Å². The number of pyridine rings is 1. The zero-order valence-electron chi connectivity index (χ0n) is 6.16. The fraction of sp³-hybridized carbons (Fsp3) is 0.375. The van der Waals surface area contributed by atoms with Crippen molar-refractivity contribution in [3.8, 4) is 0 Å². The van der Waals surface area contributed by atoms with Gasteiger partial charge in [-0.05, 0) is 18.2 Å². The third-order valence-corrected chi connectivity index (χ3v) is 3.28. The Morgan fingerprint density at radius 3 is 3.00 bits per heavy atom. The molecule has 0 aromatic carbocycles. The summed E-state index contributed by atoms with van der Waals surface area (Å²) in [6, 6.07) is 4.02. The van der Waals surface area contributed by atoms with E-state index in [0.717, 1.165) is 0 Å². The quantitative estimate of drug-likeness (QED) is 0.692. The maximum absolute atomic E-state index is 5.71. The highest BCUT2D eigenvalue weighted by Gasteiger charge is 2.21. The Labute approximate surface area is 70.2 Å². The van der Waals surface area contributed by atoms with E-state index in [1.807, 2.05) is 17.8 Å². The Bertz CT molecular complexity index is 258. The number of nitrogens with zero attached hydrogens (tertiary/aromatic N) is 1. The van der Waals surface area contributed by atoms with E-state index in [1.54, 1.807) is 6.20 Å². The van der Waals surface area contributed by atoms with Gasteiger partial charge < -0.3 is 5.73 Å². The van der Waals surface area contributed by atoms with Crippen molar-refractivity contribution in [2.24, 2.45) is 0 Å². The zero-order valence-corrected chi connectivity index (χ0v) is 6.97. The monoisotopic (exact) mass is 166 g/mol. The Morgan fingerprint density at radius 2 is 2.45 bits per heavy atom. The lowest BCUT2D eigenvalue weighted by molar-refractivity contribution is 0.847. The molecule has 2 N–H and O–H groups in total. The Morgan fingerprint density at radius 1 is 1.64 bits per heavy atom. The highest BCUT2D eigenvalue weighted by Crippen LogP contribution is 2.43. The van der Waals surface area contributed by atoms with Gasteiger partial charge in [-0.15, -0.1) is 0 Å². The van der Waals surface area contributed by atoms with E-state index in [9.17, 15) is 0 Å². The molecule has 1 aliphatic heterocycles. The summed E-state index contributed by atoms with van der Waals surface area (Å²) in [5.74, 6) is 1.96. The first-order valence-electron chi connectivity index (χ1n) is 3.70. The SMILES string of the molecule is Nc1ncccc1C1CCS1. The van der Waals surface area contributed by atoms with E-state index in [4.69, 9.17) is 5.73 Å². The zero-order chi connectivity index (χ0) is 7.68. The molecular formula is C8H10N2S. The van der Waals surface area contributed by atoms with Crippen molar-refractivity contribution in [1.82, 2.24) is 4.98 Å². The second-order valence-corrected chi connectivity index (χ2v) is 3.94. The molecule has 0 radical (unpaired) electrons. The minimum Gasteiger partial charge on any atom is -0.383 e. The van der Waals surface area contributed by atoms with Crippen LogP contribution in [0.2, 0.25) is 0 Å². The van der Waals surface area contributed by atoms with Gasteiger partial charge in [-0.1, -0.05) is 6.07 Å². The predicted molar refractivity (Wildman–Crippen MR) is 48.5 cm³/mol. The molecule has 1 aromatic rings. The van der Waals surface area contributed by atoms with Crippen molar-refractivity contribution < 1.29 is 0 Å². The van der Waals surface area contributed by atoms with Gasteiger partial charge in [0, 0.05) is 17.0 Å². The van der Waals surface area contributed by atoms with Crippen molar-refractivity contribution in [1.29, 1.82) is 0 Å². The normalized spacial score (nSPS) is 22.7. The van der Waals surface area contributed by atoms with Crippen molar-refractivity contribution in [2.45, 2.75) is 11.7 Å². The average molecular weight is 166 g/mol. The maximum atomic E-state index is 5.71. The van der Waals surface area contributed by atoms with Crippen LogP contribution < -0.4 is 5.73 Å². The molecule has 1 fully saturated rings. The minimum atomic E-state index is 0.615. The lowest BCUT2D eigenvalue weighted by atomic mass is 10.1. The standard InChI is InChI=1S/C8H10N2S/c9-8-6(2-1-4-10-8)7-3-5-11-7/h1-2,4,7H,3,5H2,(H2,9,10). The first-order chi connectivity index (χ1) is 5.38. The topological polar surface area (TPSA) is 38.9 Å². The Hall–Kier alpha value is -0.700. The fourth-order valence-corrected chi connectivity index (χ4v) is 2.03. The Kier molecular flexibility index (Phi) is 1.74. The summed E-state index contributed by atoms with van der Waals surface area (Å²) in [4.78, 5) is 4.05. The number of aromatic nitrogens is 1. The number of anilines is 1. The highest BCUT2D eigenvalue weighted by atomic mass is 32.2. The van der Waals surface area contributed by atoms with Gasteiger partial charge in [-0.3, -0.25) is 0 Å². The van der Waals surface area contributed by atoms with Crippen molar-refractivity contribution >= 4 is 17.6 Å². The molecule has 1 unspecified atom stereocenters. The van der Waals surface area contributed by atoms with E-state index in [0.29, 0.717) is 11.1 Å². The summed E-state index contributed by atoms with van der Waals surface area (Å²) in [6.07, 6.45) is 2.99. The van der Waals surface area contributed by atoms with Gasteiger partial charge in [0.25, 0.3) is 0 Å².